The van der Waals surface area contributed by atoms with Gasteiger partial charge in [-0.2, -0.15) is 0 Å². The number of esters is 1. The smallest absolute Gasteiger partial charge is 0.330 e. The largest absolute Gasteiger partial charge is 0.463 e. The summed E-state index contributed by atoms with van der Waals surface area (Å²) in [5.41, 5.74) is 0.350. The Labute approximate surface area is 102 Å². The molecule has 0 aliphatic rings. The lowest BCUT2D eigenvalue weighted by molar-refractivity contribution is -0.137. The first-order chi connectivity index (χ1) is 7.63. The molecule has 0 N–H and O–H groups in total. The Morgan fingerprint density at radius 3 is 3.00 bits per heavy atom. The molecular formula is C12H12BrFO2. The lowest BCUT2D eigenvalue weighted by Gasteiger charge is -1.99. The van der Waals surface area contributed by atoms with E-state index < -0.39 is 5.97 Å². The summed E-state index contributed by atoms with van der Waals surface area (Å²) >= 11 is 3.23. The topological polar surface area (TPSA) is 26.3 Å². The van der Waals surface area contributed by atoms with Crippen molar-refractivity contribution in [1.29, 1.82) is 0 Å². The third kappa shape index (κ3) is 4.14. The molecule has 0 heterocycles. The fourth-order valence-corrected chi connectivity index (χ4v) is 1.43. The minimum absolute atomic E-state index is 0.350. The number of benzene rings is 1. The van der Waals surface area contributed by atoms with Crippen LogP contribution < -0.4 is 0 Å². The van der Waals surface area contributed by atoms with Gasteiger partial charge in [0.25, 0.3) is 0 Å². The standard InChI is InChI=1S/C12H12BrFO2/c1-2-7-16-12(15)6-3-9-8-10(13)4-5-11(9)14/h3-6,8H,2,7H2,1H3/b6-3+. The molecule has 0 bridgehead atoms. The van der Waals surface area contributed by atoms with E-state index in [1.54, 1.807) is 12.1 Å². The first-order valence-electron chi connectivity index (χ1n) is 4.93. The number of carbonyl (C=O) groups is 1. The average Bonchev–Trinajstić information content (AvgIpc) is 2.27. The second-order valence-electron chi connectivity index (χ2n) is 3.17. The van der Waals surface area contributed by atoms with Crippen molar-refractivity contribution < 1.29 is 13.9 Å². The molecular weight excluding hydrogens is 275 g/mol. The van der Waals surface area contributed by atoms with Gasteiger partial charge in [-0.15, -0.1) is 0 Å². The van der Waals surface area contributed by atoms with Crippen LogP contribution in [0, 0.1) is 5.82 Å². The Kier molecular flexibility index (Phi) is 5.19. The highest BCUT2D eigenvalue weighted by Crippen LogP contribution is 2.16. The number of hydrogen-bond donors (Lipinski definition) is 0. The predicted octanol–water partition coefficient (Wildman–Crippen LogP) is 3.55. The van der Waals surface area contributed by atoms with E-state index >= 15 is 0 Å². The zero-order valence-corrected chi connectivity index (χ0v) is 10.5. The molecule has 0 aromatic heterocycles. The molecule has 16 heavy (non-hydrogen) atoms. The molecule has 2 nitrogen and oxygen atoms in total. The van der Waals surface area contributed by atoms with E-state index in [0.29, 0.717) is 12.2 Å². The number of carbonyl (C=O) groups excluding carboxylic acids is 1. The van der Waals surface area contributed by atoms with Crippen molar-refractivity contribution in [3.63, 3.8) is 0 Å². The summed E-state index contributed by atoms with van der Waals surface area (Å²) in [7, 11) is 0. The van der Waals surface area contributed by atoms with Gasteiger partial charge < -0.3 is 4.74 Å². The van der Waals surface area contributed by atoms with Crippen LogP contribution in [0.3, 0.4) is 0 Å². The lowest BCUT2D eigenvalue weighted by Crippen LogP contribution is -2.00. The number of hydrogen-bond acceptors (Lipinski definition) is 2. The van der Waals surface area contributed by atoms with E-state index in [4.69, 9.17) is 4.74 Å². The molecule has 1 rings (SSSR count). The zero-order valence-electron chi connectivity index (χ0n) is 8.87. The van der Waals surface area contributed by atoms with E-state index in [-0.39, 0.29) is 5.82 Å². The molecule has 86 valence electrons. The monoisotopic (exact) mass is 286 g/mol. The molecule has 0 fully saturated rings. The molecule has 0 radical (unpaired) electrons. The second kappa shape index (κ2) is 6.43. The van der Waals surface area contributed by atoms with Crippen molar-refractivity contribution in [2.45, 2.75) is 13.3 Å². The van der Waals surface area contributed by atoms with Gasteiger partial charge in [-0.05, 0) is 30.7 Å². The van der Waals surface area contributed by atoms with Crippen LogP contribution in [-0.4, -0.2) is 12.6 Å². The SMILES string of the molecule is CCCOC(=O)/C=C/c1cc(Br)ccc1F. The quantitative estimate of drug-likeness (QED) is 0.625. The minimum Gasteiger partial charge on any atom is -0.463 e. The Morgan fingerprint density at radius 1 is 1.56 bits per heavy atom. The van der Waals surface area contributed by atoms with Gasteiger partial charge in [0.05, 0.1) is 6.61 Å². The van der Waals surface area contributed by atoms with E-state index in [1.165, 1.54) is 18.2 Å². The van der Waals surface area contributed by atoms with Crippen molar-refractivity contribution >= 4 is 28.0 Å². The number of rotatable bonds is 4. The van der Waals surface area contributed by atoms with Crippen molar-refractivity contribution in [1.82, 2.24) is 0 Å². The van der Waals surface area contributed by atoms with Crippen molar-refractivity contribution in [2.24, 2.45) is 0 Å². The van der Waals surface area contributed by atoms with Crippen molar-refractivity contribution in [3.05, 3.63) is 40.1 Å². The van der Waals surface area contributed by atoms with Gasteiger partial charge >= 0.3 is 5.97 Å². The maximum Gasteiger partial charge on any atom is 0.330 e. The van der Waals surface area contributed by atoms with E-state index in [0.717, 1.165) is 10.9 Å². The van der Waals surface area contributed by atoms with Crippen LogP contribution in [0.15, 0.2) is 28.7 Å². The van der Waals surface area contributed by atoms with Crippen LogP contribution in [0.5, 0.6) is 0 Å². The maximum absolute atomic E-state index is 13.2. The zero-order chi connectivity index (χ0) is 12.0. The summed E-state index contributed by atoms with van der Waals surface area (Å²) in [6.45, 7) is 2.29. The number of halogens is 2. The Bertz CT molecular complexity index is 402. The normalized spacial score (nSPS) is 10.7. The molecule has 0 unspecified atom stereocenters. The summed E-state index contributed by atoms with van der Waals surface area (Å²) < 4.78 is 18.8. The summed E-state index contributed by atoms with van der Waals surface area (Å²) in [5.74, 6) is -0.830. The molecule has 1 aromatic rings. The van der Waals surface area contributed by atoms with E-state index in [2.05, 4.69) is 15.9 Å². The molecule has 0 saturated carbocycles. The Hall–Kier alpha value is -1.16. The van der Waals surface area contributed by atoms with Gasteiger partial charge in [0.2, 0.25) is 0 Å². The highest BCUT2D eigenvalue weighted by Gasteiger charge is 2.00. The Morgan fingerprint density at radius 2 is 2.31 bits per heavy atom. The Balaban J connectivity index is 2.68. The maximum atomic E-state index is 13.2. The van der Waals surface area contributed by atoms with E-state index in [1.807, 2.05) is 6.92 Å². The van der Waals surface area contributed by atoms with Gasteiger partial charge in [-0.1, -0.05) is 22.9 Å². The van der Waals surface area contributed by atoms with Gasteiger partial charge in [-0.3, -0.25) is 0 Å². The minimum atomic E-state index is -0.457. The molecule has 0 amide bonds. The molecule has 0 saturated heterocycles. The molecule has 1 aromatic carbocycles. The van der Waals surface area contributed by atoms with Crippen LogP contribution in [0.2, 0.25) is 0 Å². The van der Waals surface area contributed by atoms with Crippen LogP contribution in [0.4, 0.5) is 4.39 Å². The highest BCUT2D eigenvalue weighted by atomic mass is 79.9. The summed E-state index contributed by atoms with van der Waals surface area (Å²) in [4.78, 5) is 11.1. The molecule has 0 atom stereocenters. The van der Waals surface area contributed by atoms with Gasteiger partial charge in [0, 0.05) is 16.1 Å². The van der Waals surface area contributed by atoms with Gasteiger partial charge in [-0.25, -0.2) is 9.18 Å². The summed E-state index contributed by atoms with van der Waals surface area (Å²) in [5, 5.41) is 0. The molecule has 0 spiro atoms. The lowest BCUT2D eigenvalue weighted by atomic mass is 10.2. The molecule has 4 heteroatoms. The van der Waals surface area contributed by atoms with Crippen LogP contribution in [-0.2, 0) is 9.53 Å². The van der Waals surface area contributed by atoms with Crippen LogP contribution in [0.1, 0.15) is 18.9 Å². The number of ether oxygens (including phenoxy) is 1. The van der Waals surface area contributed by atoms with Crippen LogP contribution in [0.25, 0.3) is 6.08 Å². The fraction of sp³-hybridized carbons (Fsp3) is 0.250. The first-order valence-corrected chi connectivity index (χ1v) is 5.72. The third-order valence-corrected chi connectivity index (χ3v) is 2.30. The predicted molar refractivity (Wildman–Crippen MR) is 64.4 cm³/mol. The van der Waals surface area contributed by atoms with Gasteiger partial charge in [0.1, 0.15) is 5.82 Å². The third-order valence-electron chi connectivity index (χ3n) is 1.81. The van der Waals surface area contributed by atoms with Gasteiger partial charge in [0.15, 0.2) is 0 Å². The molecule has 0 aliphatic heterocycles. The highest BCUT2D eigenvalue weighted by molar-refractivity contribution is 9.10. The first kappa shape index (κ1) is 12.9. The van der Waals surface area contributed by atoms with Crippen molar-refractivity contribution in [3.8, 4) is 0 Å². The van der Waals surface area contributed by atoms with E-state index in [9.17, 15) is 9.18 Å². The average molecular weight is 287 g/mol. The van der Waals surface area contributed by atoms with Crippen molar-refractivity contribution in [2.75, 3.05) is 6.61 Å². The molecule has 0 aliphatic carbocycles. The second-order valence-corrected chi connectivity index (χ2v) is 4.08. The fourth-order valence-electron chi connectivity index (χ4n) is 1.05. The summed E-state index contributed by atoms with van der Waals surface area (Å²) in [6, 6.07) is 4.53. The summed E-state index contributed by atoms with van der Waals surface area (Å²) in [6.07, 6.45) is 3.39. The van der Waals surface area contributed by atoms with Crippen LogP contribution >= 0.6 is 15.9 Å².